The molecule has 0 radical (unpaired) electrons. The maximum atomic E-state index is 14.4. The Morgan fingerprint density at radius 2 is 1.70 bits per heavy atom. The number of hydrogen-bond acceptors (Lipinski definition) is 4. The third-order valence-corrected chi connectivity index (χ3v) is 6.61. The highest BCUT2D eigenvalue weighted by Crippen LogP contribution is 2.22. The van der Waals surface area contributed by atoms with Crippen molar-refractivity contribution in [1.82, 2.24) is 10.2 Å². The number of halogens is 2. The molecule has 0 aliphatic carbocycles. The molecule has 10 heteroatoms. The maximum Gasteiger partial charge on any atom is 0.244 e. The lowest BCUT2D eigenvalue weighted by Gasteiger charge is -2.32. The van der Waals surface area contributed by atoms with Crippen molar-refractivity contribution in [3.8, 4) is 0 Å². The molecule has 0 saturated carbocycles. The Hall–Kier alpha value is -2.65. The predicted molar refractivity (Wildman–Crippen MR) is 128 cm³/mol. The Kier molecular flexibility index (Phi) is 9.25. The highest BCUT2D eigenvalue weighted by molar-refractivity contribution is 7.92. The molecule has 2 aromatic carbocycles. The fourth-order valence-corrected chi connectivity index (χ4v) is 4.06. The second-order valence-corrected chi connectivity index (χ2v) is 10.2. The Balaban J connectivity index is 2.39. The molecule has 0 spiro atoms. The van der Waals surface area contributed by atoms with Gasteiger partial charge in [0, 0.05) is 17.6 Å². The molecular weight excluding hydrogens is 469 g/mol. The van der Waals surface area contributed by atoms with Gasteiger partial charge < -0.3 is 10.2 Å². The van der Waals surface area contributed by atoms with Crippen molar-refractivity contribution in [1.29, 1.82) is 0 Å². The van der Waals surface area contributed by atoms with Crippen molar-refractivity contribution in [2.75, 3.05) is 17.1 Å². The number of hydrogen-bond donors (Lipinski definition) is 1. The van der Waals surface area contributed by atoms with Crippen LogP contribution in [0.1, 0.15) is 32.8 Å². The molecule has 1 N–H and O–H groups in total. The summed E-state index contributed by atoms with van der Waals surface area (Å²) >= 11 is 5.95. The van der Waals surface area contributed by atoms with Crippen molar-refractivity contribution in [2.24, 2.45) is 0 Å². The smallest absolute Gasteiger partial charge is 0.244 e. The van der Waals surface area contributed by atoms with Crippen LogP contribution < -0.4 is 9.62 Å². The zero-order valence-electron chi connectivity index (χ0n) is 19.1. The number of nitrogens with one attached hydrogen (secondary N) is 1. The number of nitrogens with zero attached hydrogens (tertiary/aromatic N) is 2. The summed E-state index contributed by atoms with van der Waals surface area (Å²) in [6.45, 7) is 4.72. The maximum absolute atomic E-state index is 14.4. The number of carbonyl (C=O) groups excluding carboxylic acids is 2. The van der Waals surface area contributed by atoms with Crippen LogP contribution in [0.25, 0.3) is 0 Å². The van der Waals surface area contributed by atoms with Crippen LogP contribution in [0.4, 0.5) is 10.1 Å². The van der Waals surface area contributed by atoms with Crippen molar-refractivity contribution < 1.29 is 22.4 Å². The van der Waals surface area contributed by atoms with E-state index in [4.69, 9.17) is 11.6 Å². The minimum absolute atomic E-state index is 0.0416. The molecule has 33 heavy (non-hydrogen) atoms. The number of sulfonamides is 1. The van der Waals surface area contributed by atoms with Gasteiger partial charge in [-0.05, 0) is 50.1 Å². The van der Waals surface area contributed by atoms with Crippen molar-refractivity contribution in [3.63, 3.8) is 0 Å². The van der Waals surface area contributed by atoms with Crippen molar-refractivity contribution in [3.05, 3.63) is 64.9 Å². The Bertz CT molecular complexity index is 1080. The van der Waals surface area contributed by atoms with Crippen LogP contribution in [-0.4, -0.2) is 50.0 Å². The molecule has 0 aromatic heterocycles. The molecule has 0 fully saturated rings. The lowest BCUT2D eigenvalue weighted by Crippen LogP contribution is -2.52. The number of benzene rings is 2. The first-order chi connectivity index (χ1) is 15.4. The standard InChI is InChI=1S/C23H29ClFN3O4S/c1-5-16(2)26-23(30)17(3)27(14-18-10-12-19(24)13-11-18)22(29)15-28(33(4,31)32)21-9-7-6-8-20(21)25/h6-13,16-17H,5,14-15H2,1-4H3,(H,26,30)/t16-,17+/m0/s1. The number of rotatable bonds is 10. The van der Waals surface area contributed by atoms with Gasteiger partial charge in [-0.3, -0.25) is 13.9 Å². The average Bonchev–Trinajstić information content (AvgIpc) is 2.76. The molecule has 2 aromatic rings. The molecule has 180 valence electrons. The normalized spacial score (nSPS) is 13.2. The van der Waals surface area contributed by atoms with E-state index >= 15 is 0 Å². The average molecular weight is 498 g/mol. The minimum Gasteiger partial charge on any atom is -0.352 e. The van der Waals surface area contributed by atoms with Crippen molar-refractivity contribution >= 4 is 39.1 Å². The summed E-state index contributed by atoms with van der Waals surface area (Å²) in [7, 11) is -3.99. The van der Waals surface area contributed by atoms with E-state index in [9.17, 15) is 22.4 Å². The number of amides is 2. The van der Waals surface area contributed by atoms with Crippen molar-refractivity contribution in [2.45, 2.75) is 45.8 Å². The van der Waals surface area contributed by atoms with Gasteiger partial charge >= 0.3 is 0 Å². The highest BCUT2D eigenvalue weighted by atomic mass is 35.5. The van der Waals surface area contributed by atoms with Crippen LogP contribution in [0.15, 0.2) is 48.5 Å². The molecule has 0 heterocycles. The molecule has 2 rings (SSSR count). The van der Waals surface area contributed by atoms with Crippen LogP contribution in [0, 0.1) is 5.82 Å². The van der Waals surface area contributed by atoms with Gasteiger partial charge in [0.15, 0.2) is 0 Å². The largest absolute Gasteiger partial charge is 0.352 e. The minimum atomic E-state index is -3.99. The quantitative estimate of drug-likeness (QED) is 0.543. The van der Waals surface area contributed by atoms with Gasteiger partial charge in [0.25, 0.3) is 0 Å². The van der Waals surface area contributed by atoms with E-state index in [0.29, 0.717) is 21.3 Å². The summed E-state index contributed by atoms with van der Waals surface area (Å²) in [6, 6.07) is 11.1. The first-order valence-electron chi connectivity index (χ1n) is 10.5. The fraction of sp³-hybridized carbons (Fsp3) is 0.391. The highest BCUT2D eigenvalue weighted by Gasteiger charge is 2.31. The number of para-hydroxylation sites is 1. The zero-order valence-corrected chi connectivity index (χ0v) is 20.7. The monoisotopic (exact) mass is 497 g/mol. The van der Waals surface area contributed by atoms with E-state index in [1.54, 1.807) is 31.2 Å². The van der Waals surface area contributed by atoms with E-state index in [-0.39, 0.29) is 24.2 Å². The Morgan fingerprint density at radius 3 is 2.24 bits per heavy atom. The van der Waals surface area contributed by atoms with E-state index in [1.165, 1.54) is 23.1 Å². The van der Waals surface area contributed by atoms with E-state index in [0.717, 1.165) is 12.3 Å². The van der Waals surface area contributed by atoms with Gasteiger partial charge in [-0.25, -0.2) is 12.8 Å². The molecule has 7 nitrogen and oxygen atoms in total. The van der Waals surface area contributed by atoms with Crippen LogP contribution >= 0.6 is 11.6 Å². The molecule has 0 aliphatic rings. The SMILES string of the molecule is CC[C@H](C)NC(=O)[C@@H](C)N(Cc1ccc(Cl)cc1)C(=O)CN(c1ccccc1F)S(C)(=O)=O. The Labute approximate surface area is 199 Å². The third kappa shape index (κ3) is 7.43. The molecule has 2 amide bonds. The molecule has 0 aliphatic heterocycles. The summed E-state index contributed by atoms with van der Waals surface area (Å²) < 4.78 is 39.9. The van der Waals surface area contributed by atoms with Crippen LogP contribution in [0.2, 0.25) is 5.02 Å². The first kappa shape index (κ1) is 26.6. The molecule has 0 bridgehead atoms. The summed E-state index contributed by atoms with van der Waals surface area (Å²) in [5, 5.41) is 3.35. The summed E-state index contributed by atoms with van der Waals surface area (Å²) in [5.74, 6) is -1.79. The predicted octanol–water partition coefficient (Wildman–Crippen LogP) is 3.58. The van der Waals surface area contributed by atoms with Gasteiger partial charge in [0.05, 0.1) is 11.9 Å². The molecule has 0 saturated heterocycles. The van der Waals surface area contributed by atoms with Gasteiger partial charge in [0.2, 0.25) is 21.8 Å². The zero-order chi connectivity index (χ0) is 24.8. The first-order valence-corrected chi connectivity index (χ1v) is 12.7. The van der Waals surface area contributed by atoms with E-state index in [1.807, 2.05) is 13.8 Å². The molecule has 2 atom stereocenters. The van der Waals surface area contributed by atoms with Crippen LogP contribution in [0.3, 0.4) is 0 Å². The topological polar surface area (TPSA) is 86.8 Å². The Morgan fingerprint density at radius 1 is 1.09 bits per heavy atom. The van der Waals surface area contributed by atoms with E-state index < -0.39 is 34.3 Å². The summed E-state index contributed by atoms with van der Waals surface area (Å²) in [4.78, 5) is 27.4. The van der Waals surface area contributed by atoms with Gasteiger partial charge in [0.1, 0.15) is 18.4 Å². The second-order valence-electron chi connectivity index (χ2n) is 7.86. The molecular formula is C23H29ClFN3O4S. The van der Waals surface area contributed by atoms with Gasteiger partial charge in [-0.1, -0.05) is 42.8 Å². The number of carbonyl (C=O) groups is 2. The lowest BCUT2D eigenvalue weighted by molar-refractivity contribution is -0.139. The lowest BCUT2D eigenvalue weighted by atomic mass is 10.1. The third-order valence-electron chi connectivity index (χ3n) is 5.23. The van der Waals surface area contributed by atoms with Crippen LogP contribution in [-0.2, 0) is 26.2 Å². The molecule has 0 unspecified atom stereocenters. The van der Waals surface area contributed by atoms with Crippen LogP contribution in [0.5, 0.6) is 0 Å². The van der Waals surface area contributed by atoms with Gasteiger partial charge in [-0.2, -0.15) is 0 Å². The van der Waals surface area contributed by atoms with E-state index in [2.05, 4.69) is 5.32 Å². The summed E-state index contributed by atoms with van der Waals surface area (Å²) in [5.41, 5.74) is 0.462. The fourth-order valence-electron chi connectivity index (χ4n) is 3.08. The summed E-state index contributed by atoms with van der Waals surface area (Å²) in [6.07, 6.45) is 1.61. The number of anilines is 1. The second kappa shape index (κ2) is 11.5. The van der Waals surface area contributed by atoms with Gasteiger partial charge in [-0.15, -0.1) is 0 Å².